The van der Waals surface area contributed by atoms with Crippen LogP contribution in [0.25, 0.3) is 10.8 Å². The molecule has 6 nitrogen and oxygen atoms in total. The first kappa shape index (κ1) is 26.0. The number of aryl methyl sites for hydroxylation is 1. The van der Waals surface area contributed by atoms with Gasteiger partial charge in [-0.15, -0.1) is 0 Å². The van der Waals surface area contributed by atoms with Crippen molar-refractivity contribution in [3.63, 3.8) is 0 Å². The maximum atomic E-state index is 13.4. The zero-order valence-corrected chi connectivity index (χ0v) is 21.2. The highest BCUT2D eigenvalue weighted by Crippen LogP contribution is 2.27. The van der Waals surface area contributed by atoms with Crippen molar-refractivity contribution in [1.82, 2.24) is 4.31 Å². The lowest BCUT2D eigenvalue weighted by Crippen LogP contribution is -2.37. The zero-order valence-electron chi connectivity index (χ0n) is 19.6. The molecule has 0 unspecified atom stereocenters. The van der Waals surface area contributed by atoms with E-state index in [1.807, 2.05) is 31.2 Å². The van der Waals surface area contributed by atoms with Crippen molar-refractivity contribution in [1.29, 1.82) is 0 Å². The fraction of sp³-hybridized carbons (Fsp3) is 0.346. The second-order valence-electron chi connectivity index (χ2n) is 8.69. The second-order valence-corrected chi connectivity index (χ2v) is 11.0. The molecule has 0 heterocycles. The molecule has 0 bridgehead atoms. The van der Waals surface area contributed by atoms with Gasteiger partial charge in [0.1, 0.15) is 5.75 Å². The van der Waals surface area contributed by atoms with Crippen LogP contribution in [0.5, 0.6) is 5.75 Å². The minimum absolute atomic E-state index is 0.262. The Morgan fingerprint density at radius 2 is 1.76 bits per heavy atom. The van der Waals surface area contributed by atoms with Crippen molar-refractivity contribution >= 4 is 38.4 Å². The molecule has 0 saturated heterocycles. The fourth-order valence-electron chi connectivity index (χ4n) is 3.66. The molecular formula is C26H30ClNO5S. The largest absolute Gasteiger partial charge is 0.478 e. The third kappa shape index (κ3) is 6.09. The Balaban J connectivity index is 1.68. The normalized spacial score (nSPS) is 12.3. The van der Waals surface area contributed by atoms with Gasteiger partial charge in [-0.2, -0.15) is 4.31 Å². The molecule has 1 N–H and O–H groups in total. The van der Waals surface area contributed by atoms with E-state index in [-0.39, 0.29) is 4.90 Å². The van der Waals surface area contributed by atoms with Crippen LogP contribution in [0.15, 0.2) is 65.6 Å². The summed E-state index contributed by atoms with van der Waals surface area (Å²) in [6.45, 7) is 5.79. The van der Waals surface area contributed by atoms with Crippen molar-refractivity contribution in [2.45, 2.75) is 50.5 Å². The molecule has 0 fully saturated rings. The van der Waals surface area contributed by atoms with Crippen molar-refractivity contribution in [3.8, 4) is 5.75 Å². The predicted octanol–water partition coefficient (Wildman–Crippen LogP) is 5.77. The molecule has 0 aromatic heterocycles. The quantitative estimate of drug-likeness (QED) is 0.359. The minimum atomic E-state index is -3.64. The van der Waals surface area contributed by atoms with E-state index >= 15 is 0 Å². The molecule has 3 rings (SSSR count). The van der Waals surface area contributed by atoms with Crippen LogP contribution in [0.3, 0.4) is 0 Å². The summed E-state index contributed by atoms with van der Waals surface area (Å²) in [7, 11) is -3.64. The zero-order chi connectivity index (χ0) is 24.9. The van der Waals surface area contributed by atoms with Crippen LogP contribution in [0.1, 0.15) is 39.2 Å². The van der Waals surface area contributed by atoms with Gasteiger partial charge in [0.15, 0.2) is 5.60 Å². The Morgan fingerprint density at radius 3 is 2.41 bits per heavy atom. The number of ether oxygens (including phenoxy) is 1. The van der Waals surface area contributed by atoms with E-state index in [0.717, 1.165) is 16.3 Å². The van der Waals surface area contributed by atoms with Gasteiger partial charge in [0.25, 0.3) is 0 Å². The van der Waals surface area contributed by atoms with E-state index in [9.17, 15) is 18.3 Å². The number of sulfonamides is 1. The first-order chi connectivity index (χ1) is 16.0. The molecule has 0 atom stereocenters. The minimum Gasteiger partial charge on any atom is -0.478 e. The van der Waals surface area contributed by atoms with E-state index in [4.69, 9.17) is 16.3 Å². The fourth-order valence-corrected chi connectivity index (χ4v) is 5.51. The van der Waals surface area contributed by atoms with Crippen molar-refractivity contribution in [2.24, 2.45) is 0 Å². The standard InChI is InChI=1S/C26H30ClNO5S/c1-4-16-28(34(31,32)22-14-15-23-20(18-22)8-5-9-24(23)27)17-6-7-19-10-12-21(13-11-19)33-26(2,3)25(29)30/h5,8-15,18H,4,6-7,16-17H2,1-3H3,(H,29,30). The summed E-state index contributed by atoms with van der Waals surface area (Å²) in [4.78, 5) is 11.5. The van der Waals surface area contributed by atoms with Gasteiger partial charge >= 0.3 is 5.97 Å². The highest BCUT2D eigenvalue weighted by Gasteiger charge is 2.29. The van der Waals surface area contributed by atoms with Gasteiger partial charge in [0.05, 0.1) is 4.90 Å². The highest BCUT2D eigenvalue weighted by atomic mass is 35.5. The van der Waals surface area contributed by atoms with Crippen LogP contribution in [0.4, 0.5) is 0 Å². The molecular weight excluding hydrogens is 474 g/mol. The Hall–Kier alpha value is -2.61. The summed E-state index contributed by atoms with van der Waals surface area (Å²) in [5.74, 6) is -0.564. The lowest BCUT2D eigenvalue weighted by molar-refractivity contribution is -0.152. The number of fused-ring (bicyclic) bond motifs is 1. The number of halogens is 1. The number of benzene rings is 3. The average Bonchev–Trinajstić information content (AvgIpc) is 2.79. The summed E-state index contributed by atoms with van der Waals surface area (Å²) in [5, 5.41) is 11.4. The number of carboxylic acid groups (broad SMARTS) is 1. The lowest BCUT2D eigenvalue weighted by Gasteiger charge is -2.22. The molecule has 0 radical (unpaired) electrons. The predicted molar refractivity (Wildman–Crippen MR) is 135 cm³/mol. The topological polar surface area (TPSA) is 83.9 Å². The van der Waals surface area contributed by atoms with E-state index < -0.39 is 21.6 Å². The summed E-state index contributed by atoms with van der Waals surface area (Å²) >= 11 is 6.22. The third-order valence-electron chi connectivity index (χ3n) is 5.59. The summed E-state index contributed by atoms with van der Waals surface area (Å²) in [5.41, 5.74) is -0.292. The van der Waals surface area contributed by atoms with E-state index in [0.29, 0.717) is 43.1 Å². The number of hydrogen-bond acceptors (Lipinski definition) is 4. The summed E-state index contributed by atoms with van der Waals surface area (Å²) in [6.07, 6.45) is 2.05. The third-order valence-corrected chi connectivity index (χ3v) is 7.82. The second kappa shape index (κ2) is 10.8. The summed E-state index contributed by atoms with van der Waals surface area (Å²) < 4.78 is 33.8. The van der Waals surface area contributed by atoms with Gasteiger partial charge < -0.3 is 9.84 Å². The van der Waals surface area contributed by atoms with Crippen LogP contribution in [-0.4, -0.2) is 42.5 Å². The van der Waals surface area contributed by atoms with Crippen LogP contribution in [-0.2, 0) is 21.2 Å². The summed E-state index contributed by atoms with van der Waals surface area (Å²) in [6, 6.07) is 17.7. The molecule has 3 aromatic rings. The number of rotatable bonds is 11. The smallest absolute Gasteiger partial charge is 0.347 e. The lowest BCUT2D eigenvalue weighted by atomic mass is 10.1. The van der Waals surface area contributed by atoms with E-state index in [1.165, 1.54) is 18.2 Å². The molecule has 0 aliphatic rings. The van der Waals surface area contributed by atoms with Gasteiger partial charge in [0.2, 0.25) is 10.0 Å². The molecule has 0 amide bonds. The van der Waals surface area contributed by atoms with Crippen LogP contribution >= 0.6 is 11.6 Å². The molecule has 34 heavy (non-hydrogen) atoms. The van der Waals surface area contributed by atoms with Gasteiger partial charge in [-0.05, 0) is 74.4 Å². The Labute approximate surface area is 206 Å². The molecule has 0 aliphatic carbocycles. The number of carbonyl (C=O) groups is 1. The van der Waals surface area contributed by atoms with Crippen molar-refractivity contribution < 1.29 is 23.1 Å². The van der Waals surface area contributed by atoms with Crippen LogP contribution in [0, 0.1) is 0 Å². The van der Waals surface area contributed by atoms with Gasteiger partial charge in [0, 0.05) is 23.5 Å². The van der Waals surface area contributed by atoms with E-state index in [1.54, 1.807) is 36.4 Å². The highest BCUT2D eigenvalue weighted by molar-refractivity contribution is 7.89. The first-order valence-corrected chi connectivity index (χ1v) is 13.1. The van der Waals surface area contributed by atoms with Gasteiger partial charge in [-0.3, -0.25) is 0 Å². The Morgan fingerprint density at radius 1 is 1.06 bits per heavy atom. The van der Waals surface area contributed by atoms with Gasteiger partial charge in [-0.25, -0.2) is 13.2 Å². The molecule has 182 valence electrons. The SMILES string of the molecule is CCCN(CCCc1ccc(OC(C)(C)C(=O)O)cc1)S(=O)(=O)c1ccc2c(Cl)cccc2c1. The number of carboxylic acids is 1. The molecule has 0 spiro atoms. The Bertz CT molecular complexity index is 1260. The number of nitrogens with zero attached hydrogens (tertiary/aromatic N) is 1. The molecule has 0 saturated carbocycles. The maximum Gasteiger partial charge on any atom is 0.347 e. The first-order valence-electron chi connectivity index (χ1n) is 11.2. The number of hydrogen-bond donors (Lipinski definition) is 1. The van der Waals surface area contributed by atoms with E-state index in [2.05, 4.69) is 0 Å². The molecule has 3 aromatic carbocycles. The van der Waals surface area contributed by atoms with Crippen LogP contribution in [0.2, 0.25) is 5.02 Å². The van der Waals surface area contributed by atoms with Crippen LogP contribution < -0.4 is 4.74 Å². The maximum absolute atomic E-state index is 13.4. The Kier molecular flexibility index (Phi) is 8.23. The average molecular weight is 504 g/mol. The van der Waals surface area contributed by atoms with Crippen molar-refractivity contribution in [2.75, 3.05) is 13.1 Å². The monoisotopic (exact) mass is 503 g/mol. The van der Waals surface area contributed by atoms with Crippen molar-refractivity contribution in [3.05, 3.63) is 71.2 Å². The van der Waals surface area contributed by atoms with Gasteiger partial charge in [-0.1, -0.05) is 48.9 Å². The number of aliphatic carboxylic acids is 1. The molecule has 0 aliphatic heterocycles. The molecule has 8 heteroatoms.